The third-order valence-corrected chi connectivity index (χ3v) is 2.73. The SMILES string of the molecule is COCCN(CC(=O)O)C(=O)Cc1cccc(OC)c1. The van der Waals surface area contributed by atoms with Crippen LogP contribution in [0.2, 0.25) is 0 Å². The topological polar surface area (TPSA) is 76.1 Å². The second kappa shape index (κ2) is 8.16. The number of hydrogen-bond acceptors (Lipinski definition) is 4. The first-order valence-electron chi connectivity index (χ1n) is 6.18. The average Bonchev–Trinajstić information content (AvgIpc) is 2.43. The maximum Gasteiger partial charge on any atom is 0.323 e. The summed E-state index contributed by atoms with van der Waals surface area (Å²) in [6.07, 6.45) is 0.133. The predicted octanol–water partition coefficient (Wildman–Crippen LogP) is 0.797. The largest absolute Gasteiger partial charge is 0.497 e. The summed E-state index contributed by atoms with van der Waals surface area (Å²) >= 11 is 0. The number of carboxylic acid groups (broad SMARTS) is 1. The van der Waals surface area contributed by atoms with E-state index in [2.05, 4.69) is 0 Å². The molecular weight excluding hydrogens is 262 g/mol. The molecule has 0 saturated carbocycles. The molecule has 0 unspecified atom stereocenters. The van der Waals surface area contributed by atoms with Gasteiger partial charge >= 0.3 is 5.97 Å². The van der Waals surface area contributed by atoms with E-state index in [1.807, 2.05) is 0 Å². The van der Waals surface area contributed by atoms with E-state index in [1.165, 1.54) is 12.0 Å². The van der Waals surface area contributed by atoms with Gasteiger partial charge in [-0.3, -0.25) is 9.59 Å². The summed E-state index contributed by atoms with van der Waals surface area (Å²) in [5, 5.41) is 8.83. The average molecular weight is 281 g/mol. The zero-order valence-corrected chi connectivity index (χ0v) is 11.7. The summed E-state index contributed by atoms with van der Waals surface area (Å²) in [6, 6.07) is 7.13. The van der Waals surface area contributed by atoms with Crippen LogP contribution in [0.25, 0.3) is 0 Å². The lowest BCUT2D eigenvalue weighted by molar-refractivity contribution is -0.144. The van der Waals surface area contributed by atoms with Crippen molar-refractivity contribution < 1.29 is 24.2 Å². The van der Waals surface area contributed by atoms with Crippen molar-refractivity contribution in [2.24, 2.45) is 0 Å². The van der Waals surface area contributed by atoms with Gasteiger partial charge in [0.2, 0.25) is 5.91 Å². The summed E-state index contributed by atoms with van der Waals surface area (Å²) < 4.78 is 9.97. The van der Waals surface area contributed by atoms with Gasteiger partial charge in [0.25, 0.3) is 0 Å². The summed E-state index contributed by atoms with van der Waals surface area (Å²) in [5.74, 6) is -0.630. The first-order chi connectivity index (χ1) is 9.56. The highest BCUT2D eigenvalue weighted by Gasteiger charge is 2.17. The van der Waals surface area contributed by atoms with Gasteiger partial charge in [-0.25, -0.2) is 0 Å². The predicted molar refractivity (Wildman–Crippen MR) is 72.8 cm³/mol. The molecule has 0 radical (unpaired) electrons. The molecule has 1 N–H and O–H groups in total. The van der Waals surface area contributed by atoms with Crippen molar-refractivity contribution in [2.45, 2.75) is 6.42 Å². The summed E-state index contributed by atoms with van der Waals surface area (Å²) in [4.78, 5) is 24.2. The molecule has 0 aliphatic rings. The third-order valence-electron chi connectivity index (χ3n) is 2.73. The molecule has 0 aromatic heterocycles. The molecule has 1 aromatic carbocycles. The Morgan fingerprint density at radius 2 is 2.05 bits per heavy atom. The number of hydrogen-bond donors (Lipinski definition) is 1. The zero-order chi connectivity index (χ0) is 15.0. The van der Waals surface area contributed by atoms with Gasteiger partial charge in [-0.1, -0.05) is 12.1 Å². The van der Waals surface area contributed by atoms with Crippen LogP contribution in [0.15, 0.2) is 24.3 Å². The van der Waals surface area contributed by atoms with E-state index < -0.39 is 5.97 Å². The number of rotatable bonds is 8. The molecule has 0 bridgehead atoms. The molecular formula is C14H19NO5. The Morgan fingerprint density at radius 3 is 2.65 bits per heavy atom. The summed E-state index contributed by atoms with van der Waals surface area (Å²) in [7, 11) is 3.06. The summed E-state index contributed by atoms with van der Waals surface area (Å²) in [5.41, 5.74) is 0.780. The molecule has 0 aliphatic carbocycles. The van der Waals surface area contributed by atoms with E-state index in [-0.39, 0.29) is 25.4 Å². The molecule has 0 atom stereocenters. The summed E-state index contributed by atoms with van der Waals surface area (Å²) in [6.45, 7) is 0.231. The minimum Gasteiger partial charge on any atom is -0.497 e. The van der Waals surface area contributed by atoms with Crippen LogP contribution in [0.5, 0.6) is 5.75 Å². The van der Waals surface area contributed by atoms with E-state index in [1.54, 1.807) is 31.4 Å². The molecule has 0 heterocycles. The van der Waals surface area contributed by atoms with Gasteiger partial charge in [-0.2, -0.15) is 0 Å². The molecule has 1 amide bonds. The van der Waals surface area contributed by atoms with E-state index in [0.717, 1.165) is 5.56 Å². The molecule has 20 heavy (non-hydrogen) atoms. The number of carboxylic acids is 1. The van der Waals surface area contributed by atoms with Gasteiger partial charge in [-0.05, 0) is 17.7 Å². The highest BCUT2D eigenvalue weighted by Crippen LogP contribution is 2.13. The van der Waals surface area contributed by atoms with Gasteiger partial charge in [0.05, 0.1) is 20.1 Å². The Balaban J connectivity index is 2.70. The highest BCUT2D eigenvalue weighted by molar-refractivity contribution is 5.83. The van der Waals surface area contributed by atoms with Crippen molar-refractivity contribution in [1.82, 2.24) is 4.90 Å². The molecule has 0 spiro atoms. The second-order valence-electron chi connectivity index (χ2n) is 4.23. The molecule has 0 saturated heterocycles. The van der Waals surface area contributed by atoms with Gasteiger partial charge < -0.3 is 19.5 Å². The maximum absolute atomic E-state index is 12.1. The monoisotopic (exact) mass is 281 g/mol. The quantitative estimate of drug-likeness (QED) is 0.762. The third kappa shape index (κ3) is 5.27. The van der Waals surface area contributed by atoms with Crippen molar-refractivity contribution >= 4 is 11.9 Å². The number of benzene rings is 1. The number of methoxy groups -OCH3 is 2. The fourth-order valence-corrected chi connectivity index (χ4v) is 1.73. The van der Waals surface area contributed by atoms with Gasteiger partial charge in [0, 0.05) is 13.7 Å². The molecule has 110 valence electrons. The molecule has 0 fully saturated rings. The number of ether oxygens (including phenoxy) is 2. The standard InChI is InChI=1S/C14H19NO5/c1-19-7-6-15(10-14(17)18)13(16)9-11-4-3-5-12(8-11)20-2/h3-5,8H,6-7,9-10H2,1-2H3,(H,17,18). The Labute approximate surface area is 117 Å². The van der Waals surface area contributed by atoms with E-state index in [9.17, 15) is 9.59 Å². The van der Waals surface area contributed by atoms with E-state index in [0.29, 0.717) is 12.4 Å². The van der Waals surface area contributed by atoms with Crippen molar-refractivity contribution in [1.29, 1.82) is 0 Å². The van der Waals surface area contributed by atoms with E-state index in [4.69, 9.17) is 14.6 Å². The Hall–Kier alpha value is -2.08. The first kappa shape index (κ1) is 16.0. The van der Waals surface area contributed by atoms with Crippen LogP contribution in [-0.4, -0.2) is 55.8 Å². The fourth-order valence-electron chi connectivity index (χ4n) is 1.73. The normalized spacial score (nSPS) is 10.1. The van der Waals surface area contributed by atoms with Crippen molar-refractivity contribution in [2.75, 3.05) is 33.9 Å². The van der Waals surface area contributed by atoms with Crippen LogP contribution in [0.1, 0.15) is 5.56 Å². The van der Waals surface area contributed by atoms with Crippen molar-refractivity contribution in [3.05, 3.63) is 29.8 Å². The van der Waals surface area contributed by atoms with Crippen LogP contribution in [0, 0.1) is 0 Å². The lowest BCUT2D eigenvalue weighted by Gasteiger charge is -2.20. The number of carbonyl (C=O) groups excluding carboxylic acids is 1. The highest BCUT2D eigenvalue weighted by atomic mass is 16.5. The van der Waals surface area contributed by atoms with Gasteiger partial charge in [0.15, 0.2) is 0 Å². The van der Waals surface area contributed by atoms with Gasteiger partial charge in [-0.15, -0.1) is 0 Å². The Kier molecular flexibility index (Phi) is 6.52. The van der Waals surface area contributed by atoms with Crippen molar-refractivity contribution in [3.63, 3.8) is 0 Å². The van der Waals surface area contributed by atoms with E-state index >= 15 is 0 Å². The molecule has 1 aromatic rings. The minimum atomic E-state index is -1.04. The maximum atomic E-state index is 12.1. The first-order valence-corrected chi connectivity index (χ1v) is 6.18. The number of nitrogens with zero attached hydrogens (tertiary/aromatic N) is 1. The van der Waals surface area contributed by atoms with Crippen LogP contribution in [0.3, 0.4) is 0 Å². The van der Waals surface area contributed by atoms with Crippen molar-refractivity contribution in [3.8, 4) is 5.75 Å². The van der Waals surface area contributed by atoms with Gasteiger partial charge in [0.1, 0.15) is 12.3 Å². The number of carbonyl (C=O) groups is 2. The molecule has 6 heteroatoms. The lowest BCUT2D eigenvalue weighted by atomic mass is 10.1. The lowest BCUT2D eigenvalue weighted by Crippen LogP contribution is -2.38. The smallest absolute Gasteiger partial charge is 0.323 e. The molecule has 1 rings (SSSR count). The molecule has 6 nitrogen and oxygen atoms in total. The molecule has 0 aliphatic heterocycles. The van der Waals surface area contributed by atoms with Crippen LogP contribution >= 0.6 is 0 Å². The second-order valence-corrected chi connectivity index (χ2v) is 4.23. The van der Waals surface area contributed by atoms with Crippen LogP contribution < -0.4 is 4.74 Å². The zero-order valence-electron chi connectivity index (χ0n) is 11.7. The Morgan fingerprint density at radius 1 is 1.30 bits per heavy atom. The fraction of sp³-hybridized carbons (Fsp3) is 0.429. The minimum absolute atomic E-state index is 0.133. The van der Waals surface area contributed by atoms with Crippen LogP contribution in [-0.2, 0) is 20.7 Å². The van der Waals surface area contributed by atoms with Crippen LogP contribution in [0.4, 0.5) is 0 Å². The Bertz CT molecular complexity index is 461. The number of aliphatic carboxylic acids is 1. The number of amides is 1.